The zero-order chi connectivity index (χ0) is 59.9. The number of amides is 9. The number of urea groups is 1. The number of ether oxygens (including phenoxy) is 3. The number of aromatic nitrogens is 2. The van der Waals surface area contributed by atoms with E-state index in [9.17, 15) is 47.9 Å². The second kappa shape index (κ2) is 31.9. The lowest BCUT2D eigenvalue weighted by atomic mass is 9.84. The monoisotopic (exact) mass is 1140 g/mol. The maximum absolute atomic E-state index is 15.1. The Morgan fingerprint density at radius 1 is 0.780 bits per heavy atom. The Bertz CT molecular complexity index is 2830. The summed E-state index contributed by atoms with van der Waals surface area (Å²) in [5.74, 6) is -5.19. The van der Waals surface area contributed by atoms with Gasteiger partial charge in [-0.1, -0.05) is 65.0 Å². The molecule has 0 fully saturated rings. The van der Waals surface area contributed by atoms with Crippen molar-refractivity contribution >= 4 is 58.8 Å². The van der Waals surface area contributed by atoms with Crippen molar-refractivity contribution in [2.45, 2.75) is 91.0 Å². The summed E-state index contributed by atoms with van der Waals surface area (Å²) in [6, 6.07) is 13.7. The van der Waals surface area contributed by atoms with E-state index in [4.69, 9.17) is 30.7 Å². The number of imide groups is 1. The quantitative estimate of drug-likeness (QED) is 0.0251. The van der Waals surface area contributed by atoms with Gasteiger partial charge in [0.1, 0.15) is 36.1 Å². The molecule has 23 nitrogen and oxygen atoms in total. The average Bonchev–Trinajstić information content (AvgIpc) is 3.31. The van der Waals surface area contributed by atoms with E-state index in [-0.39, 0.29) is 109 Å². The smallest absolute Gasteiger partial charge is 0.312 e. The average molecular weight is 1140 g/mol. The van der Waals surface area contributed by atoms with E-state index >= 15 is 4.39 Å². The number of carbonyl (C=O) groups is 8. The van der Waals surface area contributed by atoms with E-state index in [1.807, 2.05) is 51.1 Å². The van der Waals surface area contributed by atoms with Crippen molar-refractivity contribution in [2.24, 2.45) is 22.8 Å². The molecule has 0 radical (unpaired) electrons. The number of nitrogens with two attached hydrogens (primary N) is 2. The highest BCUT2D eigenvalue weighted by Gasteiger charge is 2.39. The van der Waals surface area contributed by atoms with Gasteiger partial charge >= 0.3 is 6.03 Å². The van der Waals surface area contributed by atoms with Crippen molar-refractivity contribution < 1.29 is 66.5 Å². The second-order valence-corrected chi connectivity index (χ2v) is 20.7. The fraction of sp³-hybridized carbons (Fsp3) is 0.456. The van der Waals surface area contributed by atoms with E-state index in [1.165, 1.54) is 29.2 Å². The highest BCUT2D eigenvalue weighted by Crippen LogP contribution is 2.40. The number of nitrogens with zero attached hydrogens (tertiary/aromatic N) is 4. The van der Waals surface area contributed by atoms with E-state index in [2.05, 4.69) is 26.6 Å². The summed E-state index contributed by atoms with van der Waals surface area (Å²) in [5.41, 5.74) is 12.4. The first kappa shape index (κ1) is 64.8. The summed E-state index contributed by atoms with van der Waals surface area (Å²) in [6.07, 6.45) is 4.18. The first-order valence-electron chi connectivity index (χ1n) is 26.9. The zero-order valence-electron chi connectivity index (χ0n) is 46.8. The molecule has 444 valence electrons. The number of carbonyl (C=O) groups excluding carboxylic acids is 8. The first-order chi connectivity index (χ1) is 39.1. The minimum absolute atomic E-state index is 0.00457. The Morgan fingerprint density at radius 3 is 2.05 bits per heavy atom. The van der Waals surface area contributed by atoms with E-state index in [0.717, 1.165) is 40.8 Å². The molecule has 4 aromatic rings. The highest BCUT2D eigenvalue weighted by atomic mass is 19.1. The number of benzene rings is 3. The zero-order valence-corrected chi connectivity index (χ0v) is 46.8. The lowest BCUT2D eigenvalue weighted by molar-refractivity contribution is -0.140. The van der Waals surface area contributed by atoms with Crippen molar-refractivity contribution in [1.82, 2.24) is 35.7 Å². The van der Waals surface area contributed by atoms with Crippen LogP contribution in [0.4, 0.5) is 25.0 Å². The summed E-state index contributed by atoms with van der Waals surface area (Å²) in [5, 5.41) is 23.4. The van der Waals surface area contributed by atoms with Gasteiger partial charge in [-0.25, -0.2) is 23.5 Å². The second-order valence-electron chi connectivity index (χ2n) is 20.7. The van der Waals surface area contributed by atoms with Crippen molar-refractivity contribution in [3.63, 3.8) is 0 Å². The number of nitrogens with one attached hydrogen (secondary N) is 5. The van der Waals surface area contributed by atoms with Crippen LogP contribution in [-0.2, 0) is 54.3 Å². The Morgan fingerprint density at radius 2 is 1.43 bits per heavy atom. The minimum atomic E-state index is -1.10. The van der Waals surface area contributed by atoms with Gasteiger partial charge in [-0.2, -0.15) is 0 Å². The predicted molar refractivity (Wildman–Crippen MR) is 299 cm³/mol. The Kier molecular flexibility index (Phi) is 25.2. The van der Waals surface area contributed by atoms with Crippen LogP contribution in [0.3, 0.4) is 0 Å². The van der Waals surface area contributed by atoms with Gasteiger partial charge in [0, 0.05) is 62.2 Å². The maximum Gasteiger partial charge on any atom is 0.312 e. The number of aliphatic hydroxyl groups is 1. The Labute approximate surface area is 474 Å². The topological polar surface area (TPSA) is 321 Å². The molecule has 0 bridgehead atoms. The number of aliphatic hydroxyl groups excluding tert-OH is 1. The van der Waals surface area contributed by atoms with Crippen LogP contribution in [0.15, 0.2) is 91.1 Å². The number of halogens is 2. The van der Waals surface area contributed by atoms with Gasteiger partial charge in [0.15, 0.2) is 0 Å². The van der Waals surface area contributed by atoms with E-state index in [1.54, 1.807) is 24.6 Å². The van der Waals surface area contributed by atoms with E-state index in [0.29, 0.717) is 17.2 Å². The number of anilines is 2. The van der Waals surface area contributed by atoms with Gasteiger partial charge in [-0.3, -0.25) is 33.6 Å². The van der Waals surface area contributed by atoms with Crippen molar-refractivity contribution in [2.75, 3.05) is 76.1 Å². The summed E-state index contributed by atoms with van der Waals surface area (Å²) in [4.78, 5) is 109. The predicted octanol–water partition coefficient (Wildman–Crippen LogP) is 3.20. The van der Waals surface area contributed by atoms with Crippen LogP contribution in [0.2, 0.25) is 0 Å². The fourth-order valence-corrected chi connectivity index (χ4v) is 8.76. The van der Waals surface area contributed by atoms with Crippen LogP contribution in [0.25, 0.3) is 11.3 Å². The van der Waals surface area contributed by atoms with Crippen LogP contribution in [0, 0.1) is 23.0 Å². The third kappa shape index (κ3) is 19.9. The summed E-state index contributed by atoms with van der Waals surface area (Å²) in [6.45, 7) is 9.58. The molecule has 3 aromatic carbocycles. The molecule has 0 saturated heterocycles. The summed E-state index contributed by atoms with van der Waals surface area (Å²) < 4.78 is 47.9. The number of hydrogen-bond donors (Lipinski definition) is 8. The molecule has 4 atom stereocenters. The molecule has 5 rings (SSSR count). The van der Waals surface area contributed by atoms with Crippen molar-refractivity contribution in [3.8, 4) is 11.3 Å². The molecule has 1 aliphatic rings. The van der Waals surface area contributed by atoms with Gasteiger partial charge in [-0.15, -0.1) is 0 Å². The van der Waals surface area contributed by atoms with Crippen LogP contribution in [0.1, 0.15) is 77.7 Å². The van der Waals surface area contributed by atoms with Gasteiger partial charge in [0.2, 0.25) is 29.5 Å². The molecular weight excluding hydrogens is 1070 g/mol. The molecule has 0 saturated carbocycles. The van der Waals surface area contributed by atoms with Gasteiger partial charge in [0.25, 0.3) is 11.8 Å². The van der Waals surface area contributed by atoms with E-state index < -0.39 is 95.2 Å². The first-order valence-corrected chi connectivity index (χ1v) is 26.9. The standard InChI is InChI=1S/C57H75F2N11O12/c1-36(2)50(55(78)66-44(12-9-23-63-56(61)79)54(77)64-39-14-16-40(17-15-39)70-47(73)19-20-48(70)74)67-46(72)22-26-80-28-30-82-31-29-81-27-24-62-53(76)43(60)21-25-69(49(75)35-71)51(57(3,4)5)52-65-45(41-32-38(58)13-18-42(41)59)34-68(52)33-37-10-7-6-8-11-37/h6-8,10-11,13-20,32,34,36,43-44,50-51,71H,9,12,21-31,33,35,60H2,1-5H3,(H,62,76)(H,64,77)(H,66,78)(H,67,72)(H3,61,63,79)/t43-,44-,50-,51-/m0/s1. The highest BCUT2D eigenvalue weighted by molar-refractivity contribution is 6.28. The van der Waals surface area contributed by atoms with Crippen molar-refractivity contribution in [1.29, 1.82) is 0 Å². The molecule has 25 heteroatoms. The van der Waals surface area contributed by atoms with Crippen molar-refractivity contribution in [3.05, 3.63) is 114 Å². The molecule has 0 spiro atoms. The number of imidazole rings is 1. The SMILES string of the molecule is CC(C)[C@H](NC(=O)CCOCCOCCOCCNC(=O)[C@@H](N)CCN(C(=O)CO)[C@@H](c1nc(-c2cc(F)ccc2F)cn1Cc1ccccc1)C(C)(C)C)C(=O)N[C@@H](CCCNC(N)=O)C(=O)Nc1ccc(N2C(=O)C=CC2=O)cc1. The normalized spacial score (nSPS) is 13.8. The third-order valence-corrected chi connectivity index (χ3v) is 12.9. The summed E-state index contributed by atoms with van der Waals surface area (Å²) >= 11 is 0. The lowest BCUT2D eigenvalue weighted by Crippen LogP contribution is -2.54. The Hall–Kier alpha value is -7.97. The largest absolute Gasteiger partial charge is 0.387 e. The number of primary amides is 1. The van der Waals surface area contributed by atoms with Crippen LogP contribution in [0.5, 0.6) is 0 Å². The molecular formula is C57H75F2N11O12. The molecule has 0 aliphatic carbocycles. The molecule has 82 heavy (non-hydrogen) atoms. The minimum Gasteiger partial charge on any atom is -0.387 e. The molecule has 10 N–H and O–H groups in total. The fourth-order valence-electron chi connectivity index (χ4n) is 8.76. The molecule has 0 unspecified atom stereocenters. The maximum atomic E-state index is 15.1. The third-order valence-electron chi connectivity index (χ3n) is 12.9. The van der Waals surface area contributed by atoms with Crippen LogP contribution >= 0.6 is 0 Å². The number of rotatable bonds is 33. The summed E-state index contributed by atoms with van der Waals surface area (Å²) in [7, 11) is 0. The molecule has 1 aliphatic heterocycles. The Balaban J connectivity index is 1.01. The number of hydrogen-bond acceptors (Lipinski definition) is 14. The lowest BCUT2D eigenvalue weighted by Gasteiger charge is -2.40. The van der Waals surface area contributed by atoms with Crippen LogP contribution < -0.4 is 43.0 Å². The van der Waals surface area contributed by atoms with Crippen LogP contribution in [-0.4, -0.2) is 151 Å². The van der Waals surface area contributed by atoms with Gasteiger partial charge < -0.3 is 66.8 Å². The van der Waals surface area contributed by atoms with Gasteiger partial charge in [-0.05, 0) is 78.6 Å². The molecule has 2 heterocycles. The van der Waals surface area contributed by atoms with Gasteiger partial charge in [0.05, 0.1) is 63.1 Å². The molecule has 1 aromatic heterocycles. The molecule has 9 amide bonds.